The summed E-state index contributed by atoms with van der Waals surface area (Å²) in [7, 11) is 0. The Morgan fingerprint density at radius 2 is 1.96 bits per heavy atom. The van der Waals surface area contributed by atoms with Crippen LogP contribution < -0.4 is 16.3 Å². The number of para-hydroxylation sites is 1. The Morgan fingerprint density at radius 1 is 1.18 bits per heavy atom. The number of rotatable bonds is 5. The minimum atomic E-state index is -0.468. The van der Waals surface area contributed by atoms with Crippen LogP contribution in [-0.4, -0.2) is 20.9 Å². The molecule has 0 bridgehead atoms. The summed E-state index contributed by atoms with van der Waals surface area (Å²) in [4.78, 5) is 16.0. The molecule has 28 heavy (non-hydrogen) atoms. The van der Waals surface area contributed by atoms with Crippen LogP contribution in [0, 0.1) is 0 Å². The van der Waals surface area contributed by atoms with Crippen molar-refractivity contribution in [3.05, 3.63) is 75.7 Å². The van der Waals surface area contributed by atoms with Gasteiger partial charge < -0.3 is 5.32 Å². The van der Waals surface area contributed by atoms with E-state index >= 15 is 0 Å². The van der Waals surface area contributed by atoms with Crippen molar-refractivity contribution in [3.8, 4) is 0 Å². The van der Waals surface area contributed by atoms with Gasteiger partial charge in [-0.3, -0.25) is 10.2 Å². The van der Waals surface area contributed by atoms with Crippen LogP contribution in [0.1, 0.15) is 12.5 Å². The van der Waals surface area contributed by atoms with Gasteiger partial charge in [-0.05, 0) is 36.8 Å². The molecule has 0 saturated carbocycles. The molecule has 0 unspecified atom stereocenters. The highest BCUT2D eigenvalue weighted by molar-refractivity contribution is 7.22. The largest absolute Gasteiger partial charge is 0.332 e. The maximum Gasteiger partial charge on any atom is 0.285 e. The van der Waals surface area contributed by atoms with Gasteiger partial charge in [0.25, 0.3) is 5.56 Å². The van der Waals surface area contributed by atoms with E-state index in [9.17, 15) is 4.79 Å². The third-order valence-electron chi connectivity index (χ3n) is 3.99. The van der Waals surface area contributed by atoms with Crippen LogP contribution in [0.25, 0.3) is 10.2 Å². The second kappa shape index (κ2) is 7.79. The van der Waals surface area contributed by atoms with E-state index in [2.05, 4.69) is 37.1 Å². The molecule has 2 heterocycles. The summed E-state index contributed by atoms with van der Waals surface area (Å²) < 4.78 is 1.14. The molecule has 2 aromatic carbocycles. The summed E-state index contributed by atoms with van der Waals surface area (Å²) in [5, 5.41) is 14.4. The fourth-order valence-electron chi connectivity index (χ4n) is 2.51. The highest BCUT2D eigenvalue weighted by Crippen LogP contribution is 2.28. The fraction of sp³-hybridized carbons (Fsp3) is 0.0526. The van der Waals surface area contributed by atoms with E-state index in [-0.39, 0.29) is 5.02 Å². The molecule has 0 radical (unpaired) electrons. The number of nitrogens with one attached hydrogen (secondary N) is 3. The molecule has 0 fully saturated rings. The van der Waals surface area contributed by atoms with E-state index in [4.69, 9.17) is 11.6 Å². The summed E-state index contributed by atoms with van der Waals surface area (Å²) >= 11 is 7.53. The van der Waals surface area contributed by atoms with Gasteiger partial charge in [0.2, 0.25) is 0 Å². The van der Waals surface area contributed by atoms with Gasteiger partial charge in [0.1, 0.15) is 10.7 Å². The average molecular weight is 411 g/mol. The maximum absolute atomic E-state index is 11.4. The molecule has 0 aliphatic heterocycles. The molecule has 4 aromatic rings. The minimum Gasteiger partial charge on any atom is -0.332 e. The lowest BCUT2D eigenvalue weighted by molar-refractivity contribution is 0.986. The molecular weight excluding hydrogens is 396 g/mol. The Morgan fingerprint density at radius 3 is 2.75 bits per heavy atom. The number of hydrogen-bond acceptors (Lipinski definition) is 7. The summed E-state index contributed by atoms with van der Waals surface area (Å²) in [6, 6.07) is 15.9. The summed E-state index contributed by atoms with van der Waals surface area (Å²) in [5.74, 6) is 0. The van der Waals surface area contributed by atoms with Crippen molar-refractivity contribution in [1.29, 1.82) is 0 Å². The predicted molar refractivity (Wildman–Crippen MR) is 115 cm³/mol. The zero-order valence-electron chi connectivity index (χ0n) is 14.7. The molecule has 9 heteroatoms. The Kier molecular flexibility index (Phi) is 5.05. The van der Waals surface area contributed by atoms with Crippen molar-refractivity contribution in [2.75, 3.05) is 10.7 Å². The van der Waals surface area contributed by atoms with E-state index in [1.54, 1.807) is 11.3 Å². The molecule has 0 spiro atoms. The molecular formula is C19H15ClN6OS. The monoisotopic (exact) mass is 410 g/mol. The van der Waals surface area contributed by atoms with Gasteiger partial charge in [0.15, 0.2) is 5.13 Å². The SMILES string of the molecule is C/C(=N/Nc1cn[nH]c(=O)c1Cl)c1ccc(Nc2nc3ccccc3s2)cc1. The Bertz CT molecular complexity index is 1180. The van der Waals surface area contributed by atoms with E-state index in [0.717, 1.165) is 32.3 Å². The van der Waals surface area contributed by atoms with Crippen molar-refractivity contribution >= 4 is 55.4 Å². The second-order valence-electron chi connectivity index (χ2n) is 5.92. The van der Waals surface area contributed by atoms with Crippen LogP contribution in [0.15, 0.2) is 64.6 Å². The molecule has 0 atom stereocenters. The highest BCUT2D eigenvalue weighted by Gasteiger charge is 2.06. The van der Waals surface area contributed by atoms with Crippen molar-refractivity contribution in [3.63, 3.8) is 0 Å². The zero-order chi connectivity index (χ0) is 19.5. The fourth-order valence-corrected chi connectivity index (χ4v) is 3.53. The van der Waals surface area contributed by atoms with E-state index in [1.165, 1.54) is 6.20 Å². The Balaban J connectivity index is 1.47. The quantitative estimate of drug-likeness (QED) is 0.330. The van der Waals surface area contributed by atoms with Gasteiger partial charge in [-0.2, -0.15) is 10.2 Å². The number of aromatic amines is 1. The normalized spacial score (nSPS) is 11.6. The molecule has 0 aliphatic rings. The number of anilines is 3. The summed E-state index contributed by atoms with van der Waals surface area (Å²) in [6.45, 7) is 1.86. The minimum absolute atomic E-state index is 0.0157. The molecule has 0 amide bonds. The first-order valence-corrected chi connectivity index (χ1v) is 9.56. The van der Waals surface area contributed by atoms with E-state index in [1.807, 2.05) is 49.4 Å². The number of hydrazone groups is 1. The van der Waals surface area contributed by atoms with Gasteiger partial charge in [-0.25, -0.2) is 10.1 Å². The first kappa shape index (κ1) is 18.1. The van der Waals surface area contributed by atoms with Gasteiger partial charge in [-0.1, -0.05) is 47.2 Å². The smallest absolute Gasteiger partial charge is 0.285 e. The number of fused-ring (bicyclic) bond motifs is 1. The van der Waals surface area contributed by atoms with Gasteiger partial charge in [-0.15, -0.1) is 0 Å². The van der Waals surface area contributed by atoms with Crippen molar-refractivity contribution in [1.82, 2.24) is 15.2 Å². The number of aromatic nitrogens is 3. The topological polar surface area (TPSA) is 95.1 Å². The zero-order valence-corrected chi connectivity index (χ0v) is 16.3. The van der Waals surface area contributed by atoms with Crippen molar-refractivity contribution in [2.24, 2.45) is 5.10 Å². The Hall–Kier alpha value is -3.23. The lowest BCUT2D eigenvalue weighted by atomic mass is 10.1. The Labute approximate surface area is 169 Å². The number of thiazole rings is 1. The highest BCUT2D eigenvalue weighted by atomic mass is 35.5. The van der Waals surface area contributed by atoms with Crippen LogP contribution in [0.3, 0.4) is 0 Å². The van der Waals surface area contributed by atoms with Crippen LogP contribution >= 0.6 is 22.9 Å². The average Bonchev–Trinajstić information content (AvgIpc) is 3.11. The van der Waals surface area contributed by atoms with E-state index in [0.29, 0.717) is 5.69 Å². The summed E-state index contributed by atoms with van der Waals surface area (Å²) in [5.41, 5.74) is 6.23. The van der Waals surface area contributed by atoms with Crippen molar-refractivity contribution in [2.45, 2.75) is 6.92 Å². The number of H-pyrrole nitrogens is 1. The maximum atomic E-state index is 11.4. The van der Waals surface area contributed by atoms with Gasteiger partial charge >= 0.3 is 0 Å². The molecule has 2 aromatic heterocycles. The molecule has 140 valence electrons. The van der Waals surface area contributed by atoms with E-state index < -0.39 is 5.56 Å². The lowest BCUT2D eigenvalue weighted by Crippen LogP contribution is -2.10. The van der Waals surface area contributed by atoms with Crippen LogP contribution in [0.2, 0.25) is 5.02 Å². The predicted octanol–water partition coefficient (Wildman–Crippen LogP) is 4.61. The van der Waals surface area contributed by atoms with Crippen LogP contribution in [0.5, 0.6) is 0 Å². The number of hydrogen-bond donors (Lipinski definition) is 3. The molecule has 7 nitrogen and oxygen atoms in total. The summed E-state index contributed by atoms with van der Waals surface area (Å²) in [6.07, 6.45) is 1.41. The lowest BCUT2D eigenvalue weighted by Gasteiger charge is -2.06. The van der Waals surface area contributed by atoms with Gasteiger partial charge in [0.05, 0.1) is 22.1 Å². The molecule has 4 rings (SSSR count). The number of nitrogens with zero attached hydrogens (tertiary/aromatic N) is 3. The first-order valence-electron chi connectivity index (χ1n) is 8.36. The molecule has 0 saturated heterocycles. The third-order valence-corrected chi connectivity index (χ3v) is 5.31. The third kappa shape index (κ3) is 3.88. The molecule has 3 N–H and O–H groups in total. The van der Waals surface area contributed by atoms with Gasteiger partial charge in [0, 0.05) is 5.69 Å². The second-order valence-corrected chi connectivity index (χ2v) is 7.33. The number of halogens is 1. The van der Waals surface area contributed by atoms with Crippen LogP contribution in [-0.2, 0) is 0 Å². The first-order chi connectivity index (χ1) is 13.6. The number of benzene rings is 2. The van der Waals surface area contributed by atoms with Crippen molar-refractivity contribution < 1.29 is 0 Å². The molecule has 0 aliphatic carbocycles. The standard InChI is InChI=1S/C19H15ClN6OS/c1-11(24-25-15-10-21-26-18(27)17(15)20)12-6-8-13(9-7-12)22-19-23-14-4-2-3-5-16(14)28-19/h2-10H,1H3,(H,22,23)(H2,25,26,27)/b24-11-. The van der Waals surface area contributed by atoms with Crippen LogP contribution in [0.4, 0.5) is 16.5 Å².